The van der Waals surface area contributed by atoms with Crippen LogP contribution in [0.15, 0.2) is 18.2 Å². The zero-order valence-corrected chi connectivity index (χ0v) is 13.9. The lowest BCUT2D eigenvalue weighted by atomic mass is 10.1. The Balaban J connectivity index is 2.37. The number of nitrogens with one attached hydrogen (secondary N) is 2. The highest BCUT2D eigenvalue weighted by molar-refractivity contribution is 5.67. The summed E-state index contributed by atoms with van der Waals surface area (Å²) in [6.07, 6.45) is -0.436. The summed E-state index contributed by atoms with van der Waals surface area (Å²) >= 11 is 0. The minimum Gasteiger partial charge on any atom is -0.507 e. The van der Waals surface area contributed by atoms with Gasteiger partial charge in [0.1, 0.15) is 17.1 Å². The van der Waals surface area contributed by atoms with Crippen LogP contribution in [0.5, 0.6) is 11.5 Å². The van der Waals surface area contributed by atoms with Gasteiger partial charge >= 0.3 is 6.09 Å². The van der Waals surface area contributed by atoms with Crippen LogP contribution in [0.2, 0.25) is 0 Å². The normalized spacial score (nSPS) is 12.6. The number of rotatable bonds is 6. The summed E-state index contributed by atoms with van der Waals surface area (Å²) in [5.41, 5.74) is 0.276. The fraction of sp³-hybridized carbons (Fsp3) is 0.562. The smallest absolute Gasteiger partial charge is 0.407 e. The number of methoxy groups -OCH3 is 1. The molecule has 124 valence electrons. The summed E-state index contributed by atoms with van der Waals surface area (Å²) in [5.74, 6) is 0.791. The van der Waals surface area contributed by atoms with Crippen LogP contribution in [0, 0.1) is 0 Å². The number of alkyl carbamates (subject to hydrolysis) is 1. The highest BCUT2D eigenvalue weighted by Crippen LogP contribution is 2.28. The molecule has 0 fully saturated rings. The van der Waals surface area contributed by atoms with E-state index in [4.69, 9.17) is 9.47 Å². The number of benzene rings is 1. The molecule has 1 aromatic rings. The molecule has 1 rings (SSSR count). The van der Waals surface area contributed by atoms with Crippen LogP contribution >= 0.6 is 0 Å². The molecule has 1 aromatic carbocycles. The summed E-state index contributed by atoms with van der Waals surface area (Å²) in [7, 11) is 1.55. The fourth-order valence-corrected chi connectivity index (χ4v) is 1.89. The molecule has 0 aliphatic rings. The highest BCUT2D eigenvalue weighted by Gasteiger charge is 2.15. The average Bonchev–Trinajstić information content (AvgIpc) is 2.41. The van der Waals surface area contributed by atoms with E-state index in [0.29, 0.717) is 18.8 Å². The van der Waals surface area contributed by atoms with Gasteiger partial charge in [0.05, 0.1) is 7.11 Å². The molecule has 1 amide bonds. The van der Waals surface area contributed by atoms with Crippen molar-refractivity contribution in [2.24, 2.45) is 0 Å². The molecular formula is C16H26N2O4. The molecule has 0 aliphatic carbocycles. The van der Waals surface area contributed by atoms with Crippen molar-refractivity contribution in [1.29, 1.82) is 0 Å². The van der Waals surface area contributed by atoms with E-state index in [-0.39, 0.29) is 11.8 Å². The molecule has 0 heterocycles. The molecule has 6 heteroatoms. The maximum absolute atomic E-state index is 11.5. The number of ether oxygens (including phenoxy) is 2. The Kier molecular flexibility index (Phi) is 6.49. The van der Waals surface area contributed by atoms with Gasteiger partial charge in [0.15, 0.2) is 0 Å². The zero-order chi connectivity index (χ0) is 16.8. The minimum atomic E-state index is -0.500. The lowest BCUT2D eigenvalue weighted by Crippen LogP contribution is -2.36. The SMILES string of the molecule is COc1ccc(C(C)NCCNC(=O)OC(C)(C)C)c(O)c1. The molecule has 1 atom stereocenters. The summed E-state index contributed by atoms with van der Waals surface area (Å²) in [5, 5.41) is 15.9. The lowest BCUT2D eigenvalue weighted by Gasteiger charge is -2.20. The Bertz CT molecular complexity index is 497. The van der Waals surface area contributed by atoms with Crippen molar-refractivity contribution in [3.05, 3.63) is 23.8 Å². The van der Waals surface area contributed by atoms with Crippen LogP contribution in [0.25, 0.3) is 0 Å². The summed E-state index contributed by atoms with van der Waals surface area (Å²) in [4.78, 5) is 11.5. The van der Waals surface area contributed by atoms with E-state index >= 15 is 0 Å². The van der Waals surface area contributed by atoms with Gasteiger partial charge in [-0.25, -0.2) is 4.79 Å². The second kappa shape index (κ2) is 7.89. The van der Waals surface area contributed by atoms with E-state index < -0.39 is 11.7 Å². The third-order valence-corrected chi connectivity index (χ3v) is 2.95. The quantitative estimate of drug-likeness (QED) is 0.704. The molecule has 0 aliphatic heterocycles. The van der Waals surface area contributed by atoms with Crippen LogP contribution in [-0.2, 0) is 4.74 Å². The Labute approximate surface area is 131 Å². The van der Waals surface area contributed by atoms with Crippen molar-refractivity contribution < 1.29 is 19.4 Å². The maximum atomic E-state index is 11.5. The van der Waals surface area contributed by atoms with E-state index in [9.17, 15) is 9.90 Å². The van der Waals surface area contributed by atoms with Crippen LogP contribution in [0.4, 0.5) is 4.79 Å². The van der Waals surface area contributed by atoms with E-state index in [1.165, 1.54) is 0 Å². The Morgan fingerprint density at radius 1 is 1.32 bits per heavy atom. The van der Waals surface area contributed by atoms with Gasteiger partial charge in [-0.2, -0.15) is 0 Å². The van der Waals surface area contributed by atoms with Crippen molar-refractivity contribution >= 4 is 6.09 Å². The van der Waals surface area contributed by atoms with Gasteiger partial charge in [-0.1, -0.05) is 6.07 Å². The number of aromatic hydroxyl groups is 1. The van der Waals surface area contributed by atoms with Crippen molar-refractivity contribution in [1.82, 2.24) is 10.6 Å². The van der Waals surface area contributed by atoms with Crippen molar-refractivity contribution in [3.63, 3.8) is 0 Å². The second-order valence-electron chi connectivity index (χ2n) is 6.03. The van der Waals surface area contributed by atoms with E-state index in [1.807, 2.05) is 33.8 Å². The van der Waals surface area contributed by atoms with Gasteiger partial charge in [-0.15, -0.1) is 0 Å². The van der Waals surface area contributed by atoms with Crippen molar-refractivity contribution in [2.45, 2.75) is 39.3 Å². The van der Waals surface area contributed by atoms with Crippen LogP contribution in [0.3, 0.4) is 0 Å². The third-order valence-electron chi connectivity index (χ3n) is 2.95. The number of phenolic OH excluding ortho intramolecular Hbond substituents is 1. The molecular weight excluding hydrogens is 284 g/mol. The zero-order valence-electron chi connectivity index (χ0n) is 13.9. The molecule has 0 bridgehead atoms. The highest BCUT2D eigenvalue weighted by atomic mass is 16.6. The van der Waals surface area contributed by atoms with E-state index in [2.05, 4.69) is 10.6 Å². The number of carbonyl (C=O) groups is 1. The number of amides is 1. The number of phenols is 1. The molecule has 22 heavy (non-hydrogen) atoms. The van der Waals surface area contributed by atoms with Crippen LogP contribution < -0.4 is 15.4 Å². The second-order valence-corrected chi connectivity index (χ2v) is 6.03. The monoisotopic (exact) mass is 310 g/mol. The van der Waals surface area contributed by atoms with Gasteiger partial charge in [-0.05, 0) is 33.8 Å². The van der Waals surface area contributed by atoms with Gasteiger partial charge in [-0.3, -0.25) is 0 Å². The summed E-state index contributed by atoms with van der Waals surface area (Å²) < 4.78 is 10.2. The van der Waals surface area contributed by atoms with Crippen molar-refractivity contribution in [2.75, 3.05) is 20.2 Å². The molecule has 0 spiro atoms. The Hall–Kier alpha value is -1.95. The van der Waals surface area contributed by atoms with Gasteiger partial charge in [0.2, 0.25) is 0 Å². The molecule has 6 nitrogen and oxygen atoms in total. The molecule has 1 unspecified atom stereocenters. The number of carbonyl (C=O) groups excluding carboxylic acids is 1. The first kappa shape index (κ1) is 18.1. The van der Waals surface area contributed by atoms with E-state index in [0.717, 1.165) is 5.56 Å². The van der Waals surface area contributed by atoms with Crippen LogP contribution in [-0.4, -0.2) is 37.0 Å². The Morgan fingerprint density at radius 2 is 2.00 bits per heavy atom. The van der Waals surface area contributed by atoms with Crippen LogP contribution in [0.1, 0.15) is 39.3 Å². The van der Waals surface area contributed by atoms with Gasteiger partial charge in [0.25, 0.3) is 0 Å². The first-order valence-electron chi connectivity index (χ1n) is 7.30. The lowest BCUT2D eigenvalue weighted by molar-refractivity contribution is 0.0528. The minimum absolute atomic E-state index is 0.0497. The molecule has 0 radical (unpaired) electrons. The van der Waals surface area contributed by atoms with E-state index in [1.54, 1.807) is 19.2 Å². The average molecular weight is 310 g/mol. The molecule has 0 saturated carbocycles. The summed E-state index contributed by atoms with van der Waals surface area (Å²) in [6, 6.07) is 5.14. The third kappa shape index (κ3) is 6.22. The summed E-state index contributed by atoms with van der Waals surface area (Å²) in [6.45, 7) is 8.40. The van der Waals surface area contributed by atoms with Gasteiger partial charge in [0, 0.05) is 30.8 Å². The Morgan fingerprint density at radius 3 is 2.55 bits per heavy atom. The van der Waals surface area contributed by atoms with Gasteiger partial charge < -0.3 is 25.2 Å². The topological polar surface area (TPSA) is 79.8 Å². The predicted molar refractivity (Wildman–Crippen MR) is 85.3 cm³/mol. The fourth-order valence-electron chi connectivity index (χ4n) is 1.89. The standard InChI is InChI=1S/C16H26N2O4/c1-11(13-7-6-12(21-5)10-14(13)19)17-8-9-18-15(20)22-16(2,3)4/h6-7,10-11,17,19H,8-9H2,1-5H3,(H,18,20). The maximum Gasteiger partial charge on any atom is 0.407 e. The van der Waals surface area contributed by atoms with Crippen molar-refractivity contribution in [3.8, 4) is 11.5 Å². The largest absolute Gasteiger partial charge is 0.507 e. The first-order chi connectivity index (χ1) is 10.2. The first-order valence-corrected chi connectivity index (χ1v) is 7.30. The number of hydrogen-bond donors (Lipinski definition) is 3. The predicted octanol–water partition coefficient (Wildman–Crippen LogP) is 2.58. The molecule has 0 aromatic heterocycles. The molecule has 0 saturated heterocycles. The number of hydrogen-bond acceptors (Lipinski definition) is 5. The molecule has 3 N–H and O–H groups in total.